The van der Waals surface area contributed by atoms with Gasteiger partial charge < -0.3 is 74.8 Å². The van der Waals surface area contributed by atoms with Crippen LogP contribution < -0.4 is 11.1 Å². The largest absolute Gasteiger partial charge is 0.448 e. The molecule has 0 spiro atoms. The maximum absolute atomic E-state index is 14.5. The van der Waals surface area contributed by atoms with Crippen LogP contribution in [-0.2, 0) is 38.0 Å². The lowest BCUT2D eigenvalue weighted by Gasteiger charge is -2.48. The Balaban J connectivity index is 1.50. The second-order valence-electron chi connectivity index (χ2n) is 21.7. The number of carbonyl (C=O) groups is 3. The quantitative estimate of drug-likeness (QED) is 0.0795. The van der Waals surface area contributed by atoms with Crippen molar-refractivity contribution >= 4 is 57.0 Å². The Hall–Kier alpha value is -2.84. The number of benzene rings is 2. The molecule has 5 rings (SSSR count). The van der Waals surface area contributed by atoms with Crippen molar-refractivity contribution in [3.05, 3.63) is 42.5 Å². The summed E-state index contributed by atoms with van der Waals surface area (Å²) in [4.78, 5) is 45.7. The predicted octanol–water partition coefficient (Wildman–Crippen LogP) is 4.21. The second kappa shape index (κ2) is 25.3. The Morgan fingerprint density at radius 2 is 1.60 bits per heavy atom. The van der Waals surface area contributed by atoms with Gasteiger partial charge in [0.1, 0.15) is 23.9 Å². The van der Waals surface area contributed by atoms with Crippen LogP contribution in [0.1, 0.15) is 94.4 Å². The van der Waals surface area contributed by atoms with Crippen LogP contribution in [0, 0.1) is 17.8 Å². The number of urea groups is 1. The number of carbonyl (C=O) groups excluding carboxylic acids is 3. The molecule has 18 atom stereocenters. The van der Waals surface area contributed by atoms with E-state index in [-0.39, 0.29) is 63.5 Å². The van der Waals surface area contributed by atoms with Crippen LogP contribution in [0.25, 0.3) is 10.8 Å². The van der Waals surface area contributed by atoms with E-state index in [0.29, 0.717) is 18.5 Å². The number of nitrogens with zero attached hydrogens (tertiary/aromatic N) is 3. The number of primary amides is 1. The highest BCUT2D eigenvalue weighted by Gasteiger charge is 2.53. The number of halogens is 1. The Labute approximate surface area is 439 Å². The van der Waals surface area contributed by atoms with Gasteiger partial charge in [0.25, 0.3) is 0 Å². The number of fused-ring (bicyclic) bond motifs is 1. The van der Waals surface area contributed by atoms with Gasteiger partial charge in [0, 0.05) is 69.8 Å². The van der Waals surface area contributed by atoms with Crippen molar-refractivity contribution in [3.8, 4) is 0 Å². The highest BCUT2D eigenvalue weighted by Crippen LogP contribution is 2.40. The van der Waals surface area contributed by atoms with Crippen LogP contribution in [0.2, 0.25) is 0 Å². The molecule has 0 saturated carbocycles. The number of cyclic esters (lactones) is 1. The fourth-order valence-corrected chi connectivity index (χ4v) is 11.4. The molecule has 3 aliphatic heterocycles. The minimum Gasteiger partial charge on any atom is -0.448 e. The van der Waals surface area contributed by atoms with E-state index in [1.165, 1.54) is 18.9 Å². The SMILES string of the molecule is CO[C@]1(C)C[C@H](O[C@H]2[C@H](C)[C@@H](O[C@@H]3O[C@H](C)C[C@H](N(C)C)[C@H]3O)[C@](C)(O)C[C@@H](C)CN(CCCN(CCC(N)=O)C(=O)Nc3ccc4ccccc4c3)[C@H](C)[C@@H](O)[C@](C)(O)[C@@H](I)OC(=O)[C@@H]2C)O[C@@H](C)[C@@H]1O. The molecule has 408 valence electrons. The molecule has 0 radical (unpaired) electrons. The summed E-state index contributed by atoms with van der Waals surface area (Å²) in [7, 11) is 5.21. The number of aliphatic hydroxyl groups excluding tert-OH is 3. The third-order valence-electron chi connectivity index (χ3n) is 15.2. The summed E-state index contributed by atoms with van der Waals surface area (Å²) in [5.41, 5.74) is 1.33. The van der Waals surface area contributed by atoms with Gasteiger partial charge in [0.15, 0.2) is 16.7 Å². The van der Waals surface area contributed by atoms with Crippen LogP contribution in [-0.4, -0.2) is 194 Å². The van der Waals surface area contributed by atoms with Crippen molar-refractivity contribution < 1.29 is 68.3 Å². The molecule has 0 unspecified atom stereocenters. The summed E-state index contributed by atoms with van der Waals surface area (Å²) in [6.07, 6.45) is -8.18. The standard InChI is InChI=1S/C52H84IN5O14/c1-29-26-50(7,65)45(71-47-41(60)38(56(10)11)24-30(2)68-47)31(3)42(70-40-27-51(8,67-12)44(62)34(6)69-40)32(4)46(63)72-48(53)52(9,66)43(61)33(5)58(28-29)22-15-21-57(23-20-39(54)59)49(64)55-37-19-18-35-16-13-14-17-36(35)25-37/h13-14,16-19,25,29-34,38,40-45,47-48,60-62,65-66H,15,20-24,26-28H2,1-12H3,(H2,54,59)(H,55,64)/t29-,30-,31+,32-,33-,34+,38+,40+,41-,42+,43-,44+,45-,47+,48+,50-,51-,52+/m1/s1. The number of hydrogen-bond donors (Lipinski definition) is 7. The molecule has 19 nitrogen and oxygen atoms in total. The zero-order valence-corrected chi connectivity index (χ0v) is 46.4. The summed E-state index contributed by atoms with van der Waals surface area (Å²) in [5, 5.41) is 64.9. The Morgan fingerprint density at radius 1 is 0.931 bits per heavy atom. The fourth-order valence-electron chi connectivity index (χ4n) is 10.8. The van der Waals surface area contributed by atoms with E-state index < -0.39 is 106 Å². The molecule has 3 amide bonds. The van der Waals surface area contributed by atoms with Crippen LogP contribution in [0.4, 0.5) is 10.5 Å². The molecule has 3 saturated heterocycles. The highest BCUT2D eigenvalue weighted by molar-refractivity contribution is 14.1. The summed E-state index contributed by atoms with van der Waals surface area (Å²) in [5.74, 6) is -3.65. The number of nitrogens with two attached hydrogens (primary N) is 1. The Bertz CT molecular complexity index is 2100. The van der Waals surface area contributed by atoms with Gasteiger partial charge in [-0.15, -0.1) is 0 Å². The zero-order chi connectivity index (χ0) is 53.6. The van der Waals surface area contributed by atoms with Crippen LogP contribution >= 0.6 is 22.6 Å². The van der Waals surface area contributed by atoms with E-state index in [9.17, 15) is 39.9 Å². The lowest BCUT2D eigenvalue weighted by molar-refractivity contribution is -0.317. The molecule has 3 fully saturated rings. The number of likely N-dealkylation sites (N-methyl/N-ethyl adjacent to an activating group) is 1. The first-order valence-corrected chi connectivity index (χ1v) is 26.6. The summed E-state index contributed by atoms with van der Waals surface area (Å²) in [6, 6.07) is 11.8. The third kappa shape index (κ3) is 14.8. The number of ether oxygens (including phenoxy) is 6. The van der Waals surface area contributed by atoms with Gasteiger partial charge in [-0.2, -0.15) is 0 Å². The van der Waals surface area contributed by atoms with Crippen molar-refractivity contribution in [3.63, 3.8) is 0 Å². The van der Waals surface area contributed by atoms with Crippen LogP contribution in [0.3, 0.4) is 0 Å². The van der Waals surface area contributed by atoms with Gasteiger partial charge in [0.05, 0.1) is 41.5 Å². The van der Waals surface area contributed by atoms with Gasteiger partial charge in [-0.05, 0) is 133 Å². The number of aliphatic hydroxyl groups is 5. The number of nitrogens with one attached hydrogen (secondary N) is 1. The first kappa shape index (κ1) is 60.0. The topological polar surface area (TPSA) is 256 Å². The average molecular weight is 1130 g/mol. The van der Waals surface area contributed by atoms with E-state index in [4.69, 9.17) is 34.2 Å². The molecule has 0 aromatic heterocycles. The number of alkyl halides is 1. The molecular weight excluding hydrogens is 1050 g/mol. The maximum Gasteiger partial charge on any atom is 0.321 e. The smallest absolute Gasteiger partial charge is 0.321 e. The Morgan fingerprint density at radius 3 is 2.24 bits per heavy atom. The third-order valence-corrected chi connectivity index (χ3v) is 16.7. The summed E-state index contributed by atoms with van der Waals surface area (Å²) < 4.78 is 36.6. The van der Waals surface area contributed by atoms with Gasteiger partial charge in [-0.3, -0.25) is 14.5 Å². The minimum atomic E-state index is -2.00. The molecule has 3 aliphatic rings. The van der Waals surface area contributed by atoms with E-state index in [1.807, 2.05) is 103 Å². The molecule has 20 heteroatoms. The minimum absolute atomic E-state index is 0.0541. The fraction of sp³-hybridized carbons (Fsp3) is 0.750. The molecule has 0 bridgehead atoms. The van der Waals surface area contributed by atoms with Gasteiger partial charge in [-0.25, -0.2) is 4.79 Å². The number of esters is 1. The van der Waals surface area contributed by atoms with Gasteiger partial charge in [-0.1, -0.05) is 44.2 Å². The number of anilines is 1. The average Bonchev–Trinajstić information content (AvgIpc) is 3.31. The van der Waals surface area contributed by atoms with Crippen LogP contribution in [0.15, 0.2) is 42.5 Å². The molecule has 3 heterocycles. The molecular formula is C52H84IN5O14. The Kier molecular flexibility index (Phi) is 21.1. The first-order valence-electron chi connectivity index (χ1n) is 25.3. The van der Waals surface area contributed by atoms with Crippen molar-refractivity contribution in [2.45, 2.75) is 183 Å². The molecule has 8 N–H and O–H groups in total. The summed E-state index contributed by atoms with van der Waals surface area (Å²) >= 11 is 1.81. The van der Waals surface area contributed by atoms with Crippen molar-refractivity contribution in [2.75, 3.05) is 52.7 Å². The number of rotatable bonds is 14. The monoisotopic (exact) mass is 1130 g/mol. The van der Waals surface area contributed by atoms with E-state index >= 15 is 0 Å². The van der Waals surface area contributed by atoms with E-state index in [1.54, 1.807) is 41.5 Å². The number of methoxy groups -OCH3 is 1. The normalized spacial score (nSPS) is 38.9. The molecule has 2 aromatic carbocycles. The van der Waals surface area contributed by atoms with Crippen molar-refractivity contribution in [1.82, 2.24) is 14.7 Å². The predicted molar refractivity (Wildman–Crippen MR) is 280 cm³/mol. The van der Waals surface area contributed by atoms with Gasteiger partial charge >= 0.3 is 12.0 Å². The zero-order valence-electron chi connectivity index (χ0n) is 44.3. The number of amides is 3. The van der Waals surface area contributed by atoms with E-state index in [2.05, 4.69) is 5.32 Å². The summed E-state index contributed by atoms with van der Waals surface area (Å²) in [6.45, 7) is 16.3. The lowest BCUT2D eigenvalue weighted by atomic mass is 9.77. The van der Waals surface area contributed by atoms with Crippen molar-refractivity contribution in [2.24, 2.45) is 23.5 Å². The highest BCUT2D eigenvalue weighted by atomic mass is 127. The molecule has 72 heavy (non-hydrogen) atoms. The van der Waals surface area contributed by atoms with Gasteiger partial charge in [0.2, 0.25) is 5.91 Å². The maximum atomic E-state index is 14.5. The molecule has 0 aliphatic carbocycles. The first-order chi connectivity index (χ1) is 33.6. The van der Waals surface area contributed by atoms with E-state index in [0.717, 1.165) is 10.8 Å². The second-order valence-corrected chi connectivity index (χ2v) is 22.8. The molecule has 2 aromatic rings. The van der Waals surface area contributed by atoms with Crippen LogP contribution in [0.5, 0.6) is 0 Å². The van der Waals surface area contributed by atoms with Crippen molar-refractivity contribution in [1.29, 1.82) is 0 Å². The lowest BCUT2D eigenvalue weighted by Crippen LogP contribution is -2.60. The number of hydrogen-bond acceptors (Lipinski definition) is 16.